The van der Waals surface area contributed by atoms with Crippen LogP contribution in [0.4, 0.5) is 13.2 Å². The summed E-state index contributed by atoms with van der Waals surface area (Å²) in [4.78, 5) is 12.5. The highest BCUT2D eigenvalue weighted by Crippen LogP contribution is 2.24. The van der Waals surface area contributed by atoms with Gasteiger partial charge in [0.25, 0.3) is 0 Å². The molecule has 162 valence electrons. The number of hydrogen-bond donors (Lipinski definition) is 0. The highest BCUT2D eigenvalue weighted by molar-refractivity contribution is 6.76. The van der Waals surface area contributed by atoms with Crippen LogP contribution >= 0.6 is 0 Å². The molecule has 3 aromatic rings. The molecule has 3 heterocycles. The van der Waals surface area contributed by atoms with E-state index in [4.69, 9.17) is 9.47 Å². The number of aromatic nitrogens is 5. The lowest BCUT2D eigenvalue weighted by atomic mass is 10.2. The van der Waals surface area contributed by atoms with E-state index in [0.29, 0.717) is 12.1 Å². The van der Waals surface area contributed by atoms with Crippen LogP contribution in [-0.4, -0.2) is 51.4 Å². The molecule has 0 radical (unpaired) electrons. The molecule has 0 fully saturated rings. The quantitative estimate of drug-likeness (QED) is 0.302. The second-order valence-electron chi connectivity index (χ2n) is 8.04. The Morgan fingerprint density at radius 2 is 1.97 bits per heavy atom. The smallest absolute Gasteiger partial charge is 0.393 e. The zero-order valence-corrected chi connectivity index (χ0v) is 17.8. The molecule has 0 aliphatic rings. The standard InChI is InChI=1S/C18H22F3N5O3Si/c1-30(2,3)7-6-28-12-25-10-13(8-18(19,20)21)16(23-25)17(27)29-15-5-4-14-9-22-24-26(14)11-15/h4-5,9-11H,6-8,12H2,1-3H3. The normalized spacial score (nSPS) is 12.5. The van der Waals surface area contributed by atoms with Gasteiger partial charge in [-0.25, -0.2) is 14.0 Å². The van der Waals surface area contributed by atoms with Gasteiger partial charge in [-0.2, -0.15) is 18.3 Å². The maximum atomic E-state index is 13.0. The number of fused-ring (bicyclic) bond motifs is 1. The first-order valence-electron chi connectivity index (χ1n) is 9.23. The van der Waals surface area contributed by atoms with E-state index in [1.807, 2.05) is 0 Å². The van der Waals surface area contributed by atoms with Gasteiger partial charge in [-0.15, -0.1) is 5.10 Å². The average Bonchev–Trinajstić information content (AvgIpc) is 3.22. The Morgan fingerprint density at radius 3 is 2.67 bits per heavy atom. The number of carbonyl (C=O) groups excluding carboxylic acids is 1. The third-order valence-electron chi connectivity index (χ3n) is 4.12. The minimum atomic E-state index is -4.50. The first kappa shape index (κ1) is 22.0. The number of esters is 1. The largest absolute Gasteiger partial charge is 0.420 e. The fourth-order valence-electron chi connectivity index (χ4n) is 2.60. The summed E-state index contributed by atoms with van der Waals surface area (Å²) >= 11 is 0. The van der Waals surface area contributed by atoms with E-state index >= 15 is 0 Å². The molecule has 0 atom stereocenters. The van der Waals surface area contributed by atoms with Crippen LogP contribution in [0.2, 0.25) is 25.7 Å². The predicted octanol–water partition coefficient (Wildman–Crippen LogP) is 3.56. The van der Waals surface area contributed by atoms with Crippen LogP contribution in [0.1, 0.15) is 16.1 Å². The van der Waals surface area contributed by atoms with Gasteiger partial charge in [0.1, 0.15) is 12.5 Å². The lowest BCUT2D eigenvalue weighted by Gasteiger charge is -2.15. The number of carbonyl (C=O) groups is 1. The molecule has 30 heavy (non-hydrogen) atoms. The van der Waals surface area contributed by atoms with Crippen molar-refractivity contribution in [1.29, 1.82) is 0 Å². The predicted molar refractivity (Wildman–Crippen MR) is 104 cm³/mol. The molecule has 3 rings (SSSR count). The molecule has 0 aliphatic carbocycles. The van der Waals surface area contributed by atoms with E-state index in [-0.39, 0.29) is 18.0 Å². The summed E-state index contributed by atoms with van der Waals surface area (Å²) in [6.45, 7) is 7.00. The van der Waals surface area contributed by atoms with Crippen molar-refractivity contribution >= 4 is 19.6 Å². The first-order valence-corrected chi connectivity index (χ1v) is 12.9. The molecule has 0 aromatic carbocycles. The van der Waals surface area contributed by atoms with Crippen molar-refractivity contribution in [2.75, 3.05) is 6.61 Å². The van der Waals surface area contributed by atoms with Crippen molar-refractivity contribution in [1.82, 2.24) is 24.6 Å². The van der Waals surface area contributed by atoms with E-state index in [0.717, 1.165) is 6.04 Å². The number of nitrogens with zero attached hydrogens (tertiary/aromatic N) is 5. The van der Waals surface area contributed by atoms with E-state index in [1.54, 1.807) is 6.07 Å². The van der Waals surface area contributed by atoms with Gasteiger partial charge in [0.2, 0.25) is 0 Å². The molecule has 12 heteroatoms. The van der Waals surface area contributed by atoms with Crippen molar-refractivity contribution in [2.24, 2.45) is 0 Å². The molecular weight excluding hydrogens is 419 g/mol. The third-order valence-corrected chi connectivity index (χ3v) is 5.83. The Bertz CT molecular complexity index is 1030. The number of ether oxygens (including phenoxy) is 2. The Balaban J connectivity index is 1.74. The molecule has 0 N–H and O–H groups in total. The molecule has 0 spiro atoms. The second kappa shape index (κ2) is 8.56. The molecular formula is C18H22F3N5O3Si. The minimum Gasteiger partial charge on any atom is -0.420 e. The lowest BCUT2D eigenvalue weighted by Crippen LogP contribution is -2.22. The van der Waals surface area contributed by atoms with E-state index in [1.165, 1.54) is 33.9 Å². The highest BCUT2D eigenvalue weighted by atomic mass is 28.3. The fourth-order valence-corrected chi connectivity index (χ4v) is 3.36. The monoisotopic (exact) mass is 441 g/mol. The van der Waals surface area contributed by atoms with Crippen molar-refractivity contribution in [3.63, 3.8) is 0 Å². The zero-order chi connectivity index (χ0) is 21.9. The maximum absolute atomic E-state index is 13.0. The van der Waals surface area contributed by atoms with Crippen molar-refractivity contribution in [3.8, 4) is 5.75 Å². The molecule has 0 aliphatic heterocycles. The molecule has 8 nitrogen and oxygen atoms in total. The minimum absolute atomic E-state index is 0.0481. The summed E-state index contributed by atoms with van der Waals surface area (Å²) in [5.74, 6) is -0.883. The topological polar surface area (TPSA) is 83.5 Å². The molecule has 3 aromatic heterocycles. The van der Waals surface area contributed by atoms with E-state index in [2.05, 4.69) is 35.1 Å². The van der Waals surface area contributed by atoms with Crippen LogP contribution in [0.3, 0.4) is 0 Å². The van der Waals surface area contributed by atoms with Crippen LogP contribution in [-0.2, 0) is 17.9 Å². The SMILES string of the molecule is C[Si](C)(C)CCOCn1cc(CC(F)(F)F)c(C(=O)Oc2ccc3cnnn3c2)n1. The number of pyridine rings is 1. The van der Waals surface area contributed by atoms with Gasteiger partial charge in [0.05, 0.1) is 24.3 Å². The summed E-state index contributed by atoms with van der Waals surface area (Å²) < 4.78 is 52.2. The van der Waals surface area contributed by atoms with Crippen molar-refractivity contribution in [3.05, 3.63) is 42.0 Å². The maximum Gasteiger partial charge on any atom is 0.393 e. The molecule has 0 bridgehead atoms. The summed E-state index contributed by atoms with van der Waals surface area (Å²) in [6.07, 6.45) is -1.72. The molecule has 0 amide bonds. The van der Waals surface area contributed by atoms with Crippen LogP contribution in [0.15, 0.2) is 30.7 Å². The summed E-state index contributed by atoms with van der Waals surface area (Å²) in [6, 6.07) is 4.02. The van der Waals surface area contributed by atoms with Crippen LogP contribution in [0.25, 0.3) is 5.52 Å². The van der Waals surface area contributed by atoms with Gasteiger partial charge in [0.15, 0.2) is 5.69 Å². The van der Waals surface area contributed by atoms with E-state index in [9.17, 15) is 18.0 Å². The van der Waals surface area contributed by atoms with Gasteiger partial charge in [-0.05, 0) is 18.2 Å². The van der Waals surface area contributed by atoms with Crippen molar-refractivity contribution in [2.45, 2.75) is 45.0 Å². The van der Waals surface area contributed by atoms with Crippen LogP contribution in [0.5, 0.6) is 5.75 Å². The van der Waals surface area contributed by atoms with Crippen LogP contribution < -0.4 is 4.74 Å². The summed E-state index contributed by atoms with van der Waals surface area (Å²) in [5, 5.41) is 11.5. The summed E-state index contributed by atoms with van der Waals surface area (Å²) in [5.41, 5.74) is -0.00440. The second-order valence-corrected chi connectivity index (χ2v) is 13.7. The number of alkyl halides is 3. The van der Waals surface area contributed by atoms with Gasteiger partial charge >= 0.3 is 12.1 Å². The Hall–Kier alpha value is -2.73. The highest BCUT2D eigenvalue weighted by Gasteiger charge is 2.32. The van der Waals surface area contributed by atoms with Gasteiger partial charge in [-0.3, -0.25) is 0 Å². The fraction of sp³-hybridized carbons (Fsp3) is 0.444. The third kappa shape index (κ3) is 6.13. The van der Waals surface area contributed by atoms with Gasteiger partial charge < -0.3 is 9.47 Å². The van der Waals surface area contributed by atoms with Gasteiger partial charge in [0, 0.05) is 26.4 Å². The van der Waals surface area contributed by atoms with Crippen LogP contribution in [0, 0.1) is 0 Å². The Morgan fingerprint density at radius 1 is 1.20 bits per heavy atom. The Labute approximate surface area is 171 Å². The zero-order valence-electron chi connectivity index (χ0n) is 16.8. The summed E-state index contributed by atoms with van der Waals surface area (Å²) in [7, 11) is -1.30. The first-order chi connectivity index (χ1) is 14.0. The molecule has 0 saturated heterocycles. The molecule has 0 unspecified atom stereocenters. The number of rotatable bonds is 8. The van der Waals surface area contributed by atoms with Crippen molar-refractivity contribution < 1.29 is 27.4 Å². The average molecular weight is 441 g/mol. The van der Waals surface area contributed by atoms with Gasteiger partial charge in [-0.1, -0.05) is 24.9 Å². The number of hydrogen-bond acceptors (Lipinski definition) is 6. The Kier molecular flexibility index (Phi) is 6.27. The van der Waals surface area contributed by atoms with E-state index < -0.39 is 32.3 Å². The lowest BCUT2D eigenvalue weighted by molar-refractivity contribution is -0.127. The molecule has 0 saturated carbocycles. The number of halogens is 3.